The third-order valence-electron chi connectivity index (χ3n) is 4.42. The molecule has 0 radical (unpaired) electrons. The van der Waals surface area contributed by atoms with Gasteiger partial charge in [0.25, 0.3) is 0 Å². The number of fused-ring (bicyclic) bond motifs is 1. The van der Waals surface area contributed by atoms with E-state index in [4.69, 9.17) is 11.6 Å². The first-order valence-corrected chi connectivity index (χ1v) is 9.43. The lowest BCUT2D eigenvalue weighted by atomic mass is 10.1. The van der Waals surface area contributed by atoms with Gasteiger partial charge in [0.1, 0.15) is 0 Å². The molecule has 26 heavy (non-hydrogen) atoms. The summed E-state index contributed by atoms with van der Waals surface area (Å²) >= 11 is 7.71. The summed E-state index contributed by atoms with van der Waals surface area (Å²) < 4.78 is 1.09. The van der Waals surface area contributed by atoms with Crippen LogP contribution in [-0.4, -0.2) is 23.3 Å². The number of benzene rings is 2. The summed E-state index contributed by atoms with van der Waals surface area (Å²) in [4.78, 5) is 31.1. The number of nitrogens with one attached hydrogen (secondary N) is 1. The lowest BCUT2D eigenvalue weighted by Crippen LogP contribution is -2.28. The molecule has 1 aliphatic rings. The summed E-state index contributed by atoms with van der Waals surface area (Å²) in [5, 5.41) is 4.28. The highest BCUT2D eigenvalue weighted by Gasteiger charge is 2.35. The smallest absolute Gasteiger partial charge is 0.229 e. The Bertz CT molecular complexity index is 1020. The van der Waals surface area contributed by atoms with Gasteiger partial charge >= 0.3 is 0 Å². The van der Waals surface area contributed by atoms with Crippen molar-refractivity contribution in [1.82, 2.24) is 4.98 Å². The Morgan fingerprint density at radius 1 is 1.31 bits per heavy atom. The predicted octanol–water partition coefficient (Wildman–Crippen LogP) is 4.25. The molecule has 0 saturated carbocycles. The molecule has 2 heterocycles. The molecule has 2 amide bonds. The maximum Gasteiger partial charge on any atom is 0.229 e. The number of thiazole rings is 1. The Morgan fingerprint density at radius 3 is 2.92 bits per heavy atom. The summed E-state index contributed by atoms with van der Waals surface area (Å²) in [5.74, 6) is -0.665. The lowest BCUT2D eigenvalue weighted by Gasteiger charge is -2.17. The number of aromatic nitrogens is 1. The van der Waals surface area contributed by atoms with Gasteiger partial charge in [-0.05, 0) is 37.3 Å². The van der Waals surface area contributed by atoms with Crippen molar-refractivity contribution in [2.75, 3.05) is 16.8 Å². The van der Waals surface area contributed by atoms with Crippen LogP contribution in [0.2, 0.25) is 5.02 Å². The van der Waals surface area contributed by atoms with Crippen molar-refractivity contribution in [3.63, 3.8) is 0 Å². The number of carbonyl (C=O) groups is 2. The Hall–Kier alpha value is -2.44. The minimum atomic E-state index is -0.411. The van der Waals surface area contributed by atoms with Gasteiger partial charge in [-0.25, -0.2) is 4.98 Å². The fourth-order valence-electron chi connectivity index (χ4n) is 3.13. The average Bonchev–Trinajstić information content (AvgIpc) is 3.18. The molecule has 1 N–H and O–H groups in total. The number of rotatable bonds is 3. The summed E-state index contributed by atoms with van der Waals surface area (Å²) in [6, 6.07) is 12.9. The van der Waals surface area contributed by atoms with Gasteiger partial charge in [0.15, 0.2) is 0 Å². The summed E-state index contributed by atoms with van der Waals surface area (Å²) in [6.07, 6.45) is 0.185. The summed E-state index contributed by atoms with van der Waals surface area (Å²) in [5.41, 5.74) is 2.21. The van der Waals surface area contributed by atoms with Gasteiger partial charge in [-0.2, -0.15) is 0 Å². The quantitative estimate of drug-likeness (QED) is 0.733. The van der Waals surface area contributed by atoms with Gasteiger partial charge in [0, 0.05) is 18.7 Å². The van der Waals surface area contributed by atoms with E-state index in [0.717, 1.165) is 20.9 Å². The van der Waals surface area contributed by atoms with Crippen LogP contribution in [0.3, 0.4) is 0 Å². The number of carbonyl (C=O) groups excluding carboxylic acids is 2. The van der Waals surface area contributed by atoms with Crippen molar-refractivity contribution in [2.45, 2.75) is 13.3 Å². The van der Waals surface area contributed by atoms with Crippen molar-refractivity contribution in [3.05, 3.63) is 52.5 Å². The third-order valence-corrected chi connectivity index (χ3v) is 5.70. The molecule has 1 aliphatic heterocycles. The topological polar surface area (TPSA) is 62.3 Å². The van der Waals surface area contributed by atoms with Crippen molar-refractivity contribution < 1.29 is 9.59 Å². The molecule has 0 bridgehead atoms. The van der Waals surface area contributed by atoms with Crippen LogP contribution in [0.15, 0.2) is 42.5 Å². The minimum absolute atomic E-state index is 0.0596. The number of halogens is 1. The van der Waals surface area contributed by atoms with Crippen molar-refractivity contribution in [1.29, 1.82) is 0 Å². The Labute approximate surface area is 159 Å². The van der Waals surface area contributed by atoms with Crippen LogP contribution < -0.4 is 10.2 Å². The zero-order valence-corrected chi connectivity index (χ0v) is 15.6. The van der Waals surface area contributed by atoms with Crippen LogP contribution in [0, 0.1) is 12.8 Å². The van der Waals surface area contributed by atoms with E-state index in [1.165, 1.54) is 0 Å². The van der Waals surface area contributed by atoms with Crippen molar-refractivity contribution in [3.8, 4) is 0 Å². The minimum Gasteiger partial charge on any atom is -0.324 e. The number of hydrogen-bond acceptors (Lipinski definition) is 4. The van der Waals surface area contributed by atoms with Crippen molar-refractivity contribution in [2.24, 2.45) is 5.92 Å². The molecule has 0 aliphatic carbocycles. The molecule has 132 valence electrons. The normalized spacial score (nSPS) is 17.1. The van der Waals surface area contributed by atoms with Crippen LogP contribution in [0.25, 0.3) is 10.2 Å². The van der Waals surface area contributed by atoms with E-state index in [1.54, 1.807) is 40.5 Å². The highest BCUT2D eigenvalue weighted by Crippen LogP contribution is 2.31. The van der Waals surface area contributed by atoms with E-state index < -0.39 is 5.92 Å². The molecule has 1 unspecified atom stereocenters. The fraction of sp³-hybridized carbons (Fsp3) is 0.211. The van der Waals surface area contributed by atoms with E-state index in [9.17, 15) is 9.59 Å². The monoisotopic (exact) mass is 385 g/mol. The Morgan fingerprint density at radius 2 is 2.12 bits per heavy atom. The first kappa shape index (κ1) is 17.0. The van der Waals surface area contributed by atoms with Crippen LogP contribution in [0.5, 0.6) is 0 Å². The molecular formula is C19H16ClN3O2S. The van der Waals surface area contributed by atoms with E-state index in [2.05, 4.69) is 10.3 Å². The zero-order valence-electron chi connectivity index (χ0n) is 14.0. The largest absolute Gasteiger partial charge is 0.324 e. The number of hydrogen-bond donors (Lipinski definition) is 1. The molecule has 0 spiro atoms. The number of anilines is 2. The zero-order chi connectivity index (χ0) is 18.3. The number of aryl methyl sites for hydroxylation is 1. The lowest BCUT2D eigenvalue weighted by molar-refractivity contribution is -0.122. The standard InChI is InChI=1S/C19H16ClN3O2S/c1-11-21-16-9-13(6-7-17(16)26-11)23-10-12(8-18(23)24)19(25)22-15-5-3-2-4-14(15)20/h2-7,9,12H,8,10H2,1H3,(H,22,25). The third kappa shape index (κ3) is 3.18. The second kappa shape index (κ2) is 6.70. The van der Waals surface area contributed by atoms with E-state index in [0.29, 0.717) is 17.3 Å². The molecule has 7 heteroatoms. The second-order valence-corrected chi connectivity index (χ2v) is 7.90. The van der Waals surface area contributed by atoms with Gasteiger partial charge in [0.05, 0.1) is 31.9 Å². The SMILES string of the molecule is Cc1nc2cc(N3CC(C(=O)Nc4ccccc4Cl)CC3=O)ccc2s1. The van der Waals surface area contributed by atoms with Gasteiger partial charge in [-0.3, -0.25) is 9.59 Å². The molecule has 5 nitrogen and oxygen atoms in total. The number of amides is 2. The summed E-state index contributed by atoms with van der Waals surface area (Å²) in [7, 11) is 0. The van der Waals surface area contributed by atoms with E-state index in [-0.39, 0.29) is 18.2 Å². The van der Waals surface area contributed by atoms with Gasteiger partial charge < -0.3 is 10.2 Å². The van der Waals surface area contributed by atoms with Crippen LogP contribution >= 0.6 is 22.9 Å². The molecule has 1 saturated heterocycles. The second-order valence-electron chi connectivity index (χ2n) is 6.26. The van der Waals surface area contributed by atoms with Gasteiger partial charge in [0.2, 0.25) is 11.8 Å². The van der Waals surface area contributed by atoms with Crippen molar-refractivity contribution >= 4 is 56.3 Å². The van der Waals surface area contributed by atoms with Crippen LogP contribution in [-0.2, 0) is 9.59 Å². The molecule has 3 aromatic rings. The number of para-hydroxylation sites is 1. The molecular weight excluding hydrogens is 370 g/mol. The van der Waals surface area contributed by atoms with Crippen LogP contribution in [0.1, 0.15) is 11.4 Å². The number of nitrogens with zero attached hydrogens (tertiary/aromatic N) is 2. The molecule has 1 aromatic heterocycles. The molecule has 4 rings (SSSR count). The Balaban J connectivity index is 1.52. The first-order chi connectivity index (χ1) is 12.5. The highest BCUT2D eigenvalue weighted by molar-refractivity contribution is 7.18. The fourth-order valence-corrected chi connectivity index (χ4v) is 4.12. The average molecular weight is 386 g/mol. The maximum atomic E-state index is 12.5. The van der Waals surface area contributed by atoms with E-state index >= 15 is 0 Å². The van der Waals surface area contributed by atoms with Crippen LogP contribution in [0.4, 0.5) is 11.4 Å². The molecule has 1 atom stereocenters. The highest BCUT2D eigenvalue weighted by atomic mass is 35.5. The van der Waals surface area contributed by atoms with Gasteiger partial charge in [-0.15, -0.1) is 11.3 Å². The first-order valence-electron chi connectivity index (χ1n) is 8.24. The molecule has 1 fully saturated rings. The van der Waals surface area contributed by atoms with Gasteiger partial charge in [-0.1, -0.05) is 23.7 Å². The Kier molecular flexibility index (Phi) is 4.38. The predicted molar refractivity (Wildman–Crippen MR) is 105 cm³/mol. The summed E-state index contributed by atoms with van der Waals surface area (Å²) in [6.45, 7) is 2.31. The van der Waals surface area contributed by atoms with E-state index in [1.807, 2.05) is 25.1 Å². The maximum absolute atomic E-state index is 12.5. The molecule has 2 aromatic carbocycles.